The summed E-state index contributed by atoms with van der Waals surface area (Å²) in [6.45, 7) is 0. The van der Waals surface area contributed by atoms with Crippen LogP contribution in [-0.4, -0.2) is 14.5 Å². The van der Waals surface area contributed by atoms with E-state index in [2.05, 4.69) is 84.4 Å². The first-order valence-corrected chi connectivity index (χ1v) is 9.49. The lowest BCUT2D eigenvalue weighted by Crippen LogP contribution is -1.97. The van der Waals surface area contributed by atoms with Gasteiger partial charge in [-0.1, -0.05) is 54.6 Å². The minimum atomic E-state index is 0.454. The average molecular weight is 349 g/mol. The van der Waals surface area contributed by atoms with Crippen molar-refractivity contribution in [1.82, 2.24) is 14.5 Å². The van der Waals surface area contributed by atoms with E-state index >= 15 is 0 Å². The smallest absolute Gasteiger partial charge is 0.113 e. The summed E-state index contributed by atoms with van der Waals surface area (Å²) < 4.78 is 2.27. The Balaban J connectivity index is 1.43. The Hall–Kier alpha value is -3.20. The molecule has 3 nitrogen and oxygen atoms in total. The van der Waals surface area contributed by atoms with Crippen LogP contribution in [0.5, 0.6) is 0 Å². The normalized spacial score (nSPS) is 19.1. The van der Waals surface area contributed by atoms with Crippen LogP contribution in [0.4, 0.5) is 0 Å². The maximum Gasteiger partial charge on any atom is 0.113 e. The van der Waals surface area contributed by atoms with Crippen LogP contribution >= 0.6 is 0 Å². The molecule has 3 aromatic carbocycles. The topological polar surface area (TPSA) is 30.7 Å². The number of rotatable bonds is 2. The van der Waals surface area contributed by atoms with Crippen molar-refractivity contribution in [3.05, 3.63) is 84.3 Å². The fraction of sp³-hybridized carbons (Fsp3) is 0.167. The lowest BCUT2D eigenvalue weighted by molar-refractivity contribution is 0.800. The number of hydrogen-bond acceptors (Lipinski definition) is 2. The Labute approximate surface area is 157 Å². The number of hydrogen-bond donors (Lipinski definition) is 0. The van der Waals surface area contributed by atoms with E-state index in [0.717, 1.165) is 17.5 Å². The van der Waals surface area contributed by atoms with Gasteiger partial charge in [-0.3, -0.25) is 4.98 Å². The molecule has 0 amide bonds. The van der Waals surface area contributed by atoms with E-state index in [9.17, 15) is 0 Å². The van der Waals surface area contributed by atoms with Crippen LogP contribution in [0, 0.1) is 0 Å². The van der Waals surface area contributed by atoms with E-state index < -0.39 is 0 Å². The molecule has 5 aromatic rings. The van der Waals surface area contributed by atoms with E-state index in [1.807, 2.05) is 0 Å². The second kappa shape index (κ2) is 5.40. The SMILES string of the molecule is Cn1c([C@H]2C[C@@H]2c2ccc3ccccc3n2)nc2c3ccccc3ccc21. The zero-order valence-electron chi connectivity index (χ0n) is 15.1. The number of aromatic nitrogens is 3. The van der Waals surface area contributed by atoms with Gasteiger partial charge in [-0.25, -0.2) is 4.98 Å². The molecule has 6 rings (SSSR count). The Bertz CT molecular complexity index is 1330. The fourth-order valence-corrected chi connectivity index (χ4v) is 4.37. The highest BCUT2D eigenvalue weighted by Gasteiger charge is 2.43. The highest BCUT2D eigenvalue weighted by atomic mass is 15.1. The van der Waals surface area contributed by atoms with E-state index in [0.29, 0.717) is 11.8 Å². The van der Waals surface area contributed by atoms with Crippen molar-refractivity contribution in [1.29, 1.82) is 0 Å². The predicted octanol–water partition coefficient (Wildman–Crippen LogP) is 5.55. The van der Waals surface area contributed by atoms with Gasteiger partial charge in [0.15, 0.2) is 0 Å². The number of imidazole rings is 1. The number of para-hydroxylation sites is 1. The van der Waals surface area contributed by atoms with Crippen molar-refractivity contribution in [3.8, 4) is 0 Å². The molecule has 2 aromatic heterocycles. The van der Waals surface area contributed by atoms with Gasteiger partial charge < -0.3 is 4.57 Å². The molecule has 0 unspecified atom stereocenters. The minimum absolute atomic E-state index is 0.454. The third kappa shape index (κ3) is 2.21. The maximum atomic E-state index is 5.08. The summed E-state index contributed by atoms with van der Waals surface area (Å²) in [7, 11) is 2.14. The van der Waals surface area contributed by atoms with Gasteiger partial charge >= 0.3 is 0 Å². The third-order valence-electron chi connectivity index (χ3n) is 5.93. The second-order valence-electron chi connectivity index (χ2n) is 7.56. The summed E-state index contributed by atoms with van der Waals surface area (Å²) in [5, 5.41) is 3.68. The Morgan fingerprint density at radius 1 is 0.778 bits per heavy atom. The van der Waals surface area contributed by atoms with Crippen LogP contribution in [0.3, 0.4) is 0 Å². The van der Waals surface area contributed by atoms with Crippen molar-refractivity contribution in [2.24, 2.45) is 7.05 Å². The molecule has 0 spiro atoms. The summed E-state index contributed by atoms with van der Waals surface area (Å²) in [6.07, 6.45) is 1.13. The Morgan fingerprint density at radius 2 is 1.56 bits per heavy atom. The summed E-state index contributed by atoms with van der Waals surface area (Å²) in [4.78, 5) is 9.99. The first kappa shape index (κ1) is 14.9. The van der Waals surface area contributed by atoms with Crippen molar-refractivity contribution in [2.75, 3.05) is 0 Å². The van der Waals surface area contributed by atoms with Crippen LogP contribution in [0.2, 0.25) is 0 Å². The molecule has 130 valence electrons. The van der Waals surface area contributed by atoms with Gasteiger partial charge in [-0.2, -0.15) is 0 Å². The quantitative estimate of drug-likeness (QED) is 0.418. The number of nitrogens with zero attached hydrogens (tertiary/aromatic N) is 3. The van der Waals surface area contributed by atoms with E-state index in [1.165, 1.54) is 33.2 Å². The van der Waals surface area contributed by atoms with Gasteiger partial charge in [-0.05, 0) is 30.0 Å². The lowest BCUT2D eigenvalue weighted by atomic mass is 10.1. The monoisotopic (exact) mass is 349 g/mol. The fourth-order valence-electron chi connectivity index (χ4n) is 4.37. The number of benzene rings is 3. The zero-order valence-corrected chi connectivity index (χ0v) is 15.1. The molecule has 0 radical (unpaired) electrons. The summed E-state index contributed by atoms with van der Waals surface area (Å²) in [5.74, 6) is 2.10. The average Bonchev–Trinajstić information content (AvgIpc) is 3.44. The minimum Gasteiger partial charge on any atom is -0.331 e. The lowest BCUT2D eigenvalue weighted by Gasteiger charge is -2.04. The van der Waals surface area contributed by atoms with E-state index in [1.54, 1.807) is 0 Å². The molecule has 0 aliphatic heterocycles. The molecular weight excluding hydrogens is 330 g/mol. The molecule has 1 fully saturated rings. The Kier molecular flexibility index (Phi) is 2.98. The number of pyridine rings is 1. The zero-order chi connectivity index (χ0) is 18.0. The number of aryl methyl sites for hydroxylation is 1. The van der Waals surface area contributed by atoms with Gasteiger partial charge in [0.25, 0.3) is 0 Å². The van der Waals surface area contributed by atoms with E-state index in [4.69, 9.17) is 9.97 Å². The van der Waals surface area contributed by atoms with Crippen LogP contribution < -0.4 is 0 Å². The largest absolute Gasteiger partial charge is 0.331 e. The van der Waals surface area contributed by atoms with Gasteiger partial charge in [0, 0.05) is 35.3 Å². The standard InChI is InChI=1S/C24H19N3/c1-27-22-13-11-15-6-2-4-8-17(15)23(22)26-24(27)19-14-18(19)21-12-10-16-7-3-5-9-20(16)25-21/h2-13,18-19H,14H2,1H3/t18-,19-/m0/s1. The molecule has 0 bridgehead atoms. The molecule has 0 N–H and O–H groups in total. The van der Waals surface area contributed by atoms with E-state index in [-0.39, 0.29) is 0 Å². The highest BCUT2D eigenvalue weighted by molar-refractivity contribution is 6.04. The summed E-state index contributed by atoms with van der Waals surface area (Å²) >= 11 is 0. The van der Waals surface area contributed by atoms with Crippen LogP contribution in [0.15, 0.2) is 72.8 Å². The molecule has 27 heavy (non-hydrogen) atoms. The molecule has 1 aliphatic carbocycles. The molecule has 1 saturated carbocycles. The van der Waals surface area contributed by atoms with Gasteiger partial charge in [0.1, 0.15) is 5.82 Å². The molecular formula is C24H19N3. The first-order chi connectivity index (χ1) is 13.3. The molecule has 2 heterocycles. The van der Waals surface area contributed by atoms with Crippen molar-refractivity contribution < 1.29 is 0 Å². The maximum absolute atomic E-state index is 5.08. The van der Waals surface area contributed by atoms with Crippen molar-refractivity contribution >= 4 is 32.7 Å². The highest BCUT2D eigenvalue weighted by Crippen LogP contribution is 2.54. The summed E-state index contributed by atoms with van der Waals surface area (Å²) in [6, 6.07) is 25.6. The first-order valence-electron chi connectivity index (χ1n) is 9.49. The van der Waals surface area contributed by atoms with Gasteiger partial charge in [0.2, 0.25) is 0 Å². The van der Waals surface area contributed by atoms with Crippen LogP contribution in [-0.2, 0) is 7.05 Å². The third-order valence-corrected chi connectivity index (χ3v) is 5.93. The molecule has 0 saturated heterocycles. The predicted molar refractivity (Wildman–Crippen MR) is 110 cm³/mol. The van der Waals surface area contributed by atoms with Crippen molar-refractivity contribution in [2.45, 2.75) is 18.3 Å². The second-order valence-corrected chi connectivity index (χ2v) is 7.56. The Morgan fingerprint density at radius 3 is 2.48 bits per heavy atom. The number of fused-ring (bicyclic) bond motifs is 4. The van der Waals surface area contributed by atoms with Crippen LogP contribution in [0.25, 0.3) is 32.7 Å². The molecule has 2 atom stereocenters. The van der Waals surface area contributed by atoms with Crippen molar-refractivity contribution in [3.63, 3.8) is 0 Å². The van der Waals surface area contributed by atoms with Gasteiger partial charge in [0.05, 0.1) is 16.6 Å². The molecule has 3 heteroatoms. The molecule has 1 aliphatic rings. The van der Waals surface area contributed by atoms with Crippen LogP contribution in [0.1, 0.15) is 29.8 Å². The van der Waals surface area contributed by atoms with Gasteiger partial charge in [-0.15, -0.1) is 0 Å². The summed E-state index contributed by atoms with van der Waals surface area (Å²) in [5.41, 5.74) is 4.59.